The van der Waals surface area contributed by atoms with Gasteiger partial charge in [-0.3, -0.25) is 19.3 Å². The van der Waals surface area contributed by atoms with E-state index in [9.17, 15) is 14.7 Å². The predicted molar refractivity (Wildman–Crippen MR) is 82.7 cm³/mol. The minimum atomic E-state index is -0.611. The van der Waals surface area contributed by atoms with Crippen molar-refractivity contribution in [3.8, 4) is 5.88 Å². The molecule has 0 aromatic carbocycles. The van der Waals surface area contributed by atoms with Crippen molar-refractivity contribution in [2.45, 2.75) is 33.2 Å². The molecule has 6 nitrogen and oxygen atoms in total. The van der Waals surface area contributed by atoms with Crippen LogP contribution in [0.4, 0.5) is 0 Å². The van der Waals surface area contributed by atoms with Crippen molar-refractivity contribution in [2.75, 3.05) is 0 Å². The molecular formula is C15H19N3O3. The summed E-state index contributed by atoms with van der Waals surface area (Å²) in [6, 6.07) is 0. The quantitative estimate of drug-likeness (QED) is 0.864. The molecule has 0 amide bonds. The maximum atomic E-state index is 11.8. The molecule has 0 bridgehead atoms. The average molecular weight is 289 g/mol. The van der Waals surface area contributed by atoms with Crippen LogP contribution in [0.5, 0.6) is 5.88 Å². The molecule has 1 aromatic rings. The van der Waals surface area contributed by atoms with Crippen LogP contribution in [0.1, 0.15) is 32.3 Å². The highest BCUT2D eigenvalue weighted by atomic mass is 16.3. The van der Waals surface area contributed by atoms with Crippen LogP contribution >= 0.6 is 0 Å². The average Bonchev–Trinajstić information content (AvgIpc) is 2.91. The number of aromatic amines is 1. The zero-order chi connectivity index (χ0) is 15.4. The van der Waals surface area contributed by atoms with Gasteiger partial charge in [-0.1, -0.05) is 13.8 Å². The lowest BCUT2D eigenvalue weighted by atomic mass is 10.1. The van der Waals surface area contributed by atoms with E-state index in [-0.39, 0.29) is 11.4 Å². The standard InChI is InChI=1S/C15H19N3O3/c1-10(2)5-4-8-18-14(20)12(13(19)17-15(18)21)9-11-6-3-7-16-11/h3,6-7,9-10,20H,4-5,8H2,1-2H3,(H,17,19,21). The number of nitrogens with zero attached hydrogens (tertiary/aromatic N) is 2. The fourth-order valence-electron chi connectivity index (χ4n) is 2.12. The van der Waals surface area contributed by atoms with Crippen LogP contribution in [0.2, 0.25) is 0 Å². The molecule has 0 spiro atoms. The Morgan fingerprint density at radius 1 is 1.43 bits per heavy atom. The smallest absolute Gasteiger partial charge is 0.331 e. The third kappa shape index (κ3) is 3.59. The number of H-pyrrole nitrogens is 1. The number of aliphatic imine (C=N–C) groups is 1. The molecule has 2 N–H and O–H groups in total. The Kier molecular flexibility index (Phi) is 4.57. The van der Waals surface area contributed by atoms with Crippen molar-refractivity contribution in [1.29, 1.82) is 0 Å². The summed E-state index contributed by atoms with van der Waals surface area (Å²) in [6.07, 6.45) is 8.20. The summed E-state index contributed by atoms with van der Waals surface area (Å²) in [4.78, 5) is 29.9. The summed E-state index contributed by atoms with van der Waals surface area (Å²) in [6.45, 7) is 4.56. The first-order valence-electron chi connectivity index (χ1n) is 6.97. The van der Waals surface area contributed by atoms with Crippen molar-refractivity contribution in [3.05, 3.63) is 44.3 Å². The van der Waals surface area contributed by atoms with Gasteiger partial charge in [-0.15, -0.1) is 0 Å². The van der Waals surface area contributed by atoms with Gasteiger partial charge in [0.2, 0.25) is 5.88 Å². The van der Waals surface area contributed by atoms with Gasteiger partial charge in [-0.2, -0.15) is 0 Å². The molecule has 0 fully saturated rings. The first-order chi connectivity index (χ1) is 9.99. The van der Waals surface area contributed by atoms with Crippen LogP contribution in [0.25, 0.3) is 6.08 Å². The van der Waals surface area contributed by atoms with E-state index < -0.39 is 11.2 Å². The van der Waals surface area contributed by atoms with Crippen LogP contribution < -0.4 is 11.2 Å². The molecule has 0 radical (unpaired) electrons. The van der Waals surface area contributed by atoms with Gasteiger partial charge in [0.25, 0.3) is 5.56 Å². The zero-order valence-electron chi connectivity index (χ0n) is 12.2. The second-order valence-electron chi connectivity index (χ2n) is 5.39. The molecule has 0 aliphatic carbocycles. The van der Waals surface area contributed by atoms with Crippen LogP contribution in [0.15, 0.2) is 32.4 Å². The summed E-state index contributed by atoms with van der Waals surface area (Å²) in [5.74, 6) is 0.209. The number of allylic oxidation sites excluding steroid dienone is 2. The molecule has 0 saturated carbocycles. The molecule has 112 valence electrons. The van der Waals surface area contributed by atoms with Gasteiger partial charge < -0.3 is 5.11 Å². The van der Waals surface area contributed by atoms with E-state index >= 15 is 0 Å². The highest BCUT2D eigenvalue weighted by Gasteiger charge is 2.13. The minimum absolute atomic E-state index is 0.0536. The van der Waals surface area contributed by atoms with Gasteiger partial charge in [0, 0.05) is 12.8 Å². The predicted octanol–water partition coefficient (Wildman–Crippen LogP) is 1.66. The normalized spacial score (nSPS) is 15.5. The monoisotopic (exact) mass is 289 g/mol. The number of hydrogen-bond donors (Lipinski definition) is 2. The Balaban J connectivity index is 2.36. The van der Waals surface area contributed by atoms with Crippen molar-refractivity contribution in [3.63, 3.8) is 0 Å². The Morgan fingerprint density at radius 3 is 2.81 bits per heavy atom. The lowest BCUT2D eigenvalue weighted by Crippen LogP contribution is -2.31. The SMILES string of the molecule is CC(C)CCCn1c(O)c(C=C2C=CC=N2)c(=O)[nH]c1=O. The van der Waals surface area contributed by atoms with Gasteiger partial charge in [0.15, 0.2) is 0 Å². The van der Waals surface area contributed by atoms with Crippen molar-refractivity contribution < 1.29 is 5.11 Å². The number of nitrogens with one attached hydrogen (secondary N) is 1. The second kappa shape index (κ2) is 6.39. The van der Waals surface area contributed by atoms with Crippen molar-refractivity contribution >= 4 is 12.3 Å². The van der Waals surface area contributed by atoms with E-state index in [0.717, 1.165) is 12.8 Å². The van der Waals surface area contributed by atoms with Crippen molar-refractivity contribution in [2.24, 2.45) is 10.9 Å². The van der Waals surface area contributed by atoms with E-state index in [1.165, 1.54) is 10.6 Å². The Labute approximate surface area is 122 Å². The fraction of sp³-hybridized carbons (Fsp3) is 0.400. The maximum Gasteiger partial charge on any atom is 0.331 e. The zero-order valence-corrected chi connectivity index (χ0v) is 12.2. The van der Waals surface area contributed by atoms with Gasteiger partial charge >= 0.3 is 5.69 Å². The van der Waals surface area contributed by atoms with E-state index in [2.05, 4.69) is 23.8 Å². The summed E-state index contributed by atoms with van der Waals surface area (Å²) >= 11 is 0. The molecule has 2 rings (SSSR count). The topological polar surface area (TPSA) is 87.4 Å². The molecule has 0 unspecified atom stereocenters. The molecule has 21 heavy (non-hydrogen) atoms. The van der Waals surface area contributed by atoms with E-state index in [1.807, 2.05) is 0 Å². The van der Waals surface area contributed by atoms with Gasteiger partial charge in [-0.05, 0) is 37.0 Å². The summed E-state index contributed by atoms with van der Waals surface area (Å²) in [5, 5.41) is 10.2. The fourth-order valence-corrected chi connectivity index (χ4v) is 2.12. The number of rotatable bonds is 5. The van der Waals surface area contributed by atoms with E-state index in [0.29, 0.717) is 18.2 Å². The summed E-state index contributed by atoms with van der Waals surface area (Å²) in [7, 11) is 0. The second-order valence-corrected chi connectivity index (χ2v) is 5.39. The number of aromatic nitrogens is 2. The number of hydrogen-bond acceptors (Lipinski definition) is 4. The maximum absolute atomic E-state index is 11.8. The van der Waals surface area contributed by atoms with E-state index in [4.69, 9.17) is 0 Å². The Morgan fingerprint density at radius 2 is 2.19 bits per heavy atom. The molecule has 2 heterocycles. The third-order valence-corrected chi connectivity index (χ3v) is 3.24. The number of aromatic hydroxyl groups is 1. The molecule has 1 aromatic heterocycles. The van der Waals surface area contributed by atoms with Crippen molar-refractivity contribution in [1.82, 2.24) is 9.55 Å². The Hall–Kier alpha value is -2.37. The van der Waals surface area contributed by atoms with Crippen LogP contribution in [-0.4, -0.2) is 20.9 Å². The molecule has 6 heteroatoms. The van der Waals surface area contributed by atoms with Crippen LogP contribution in [0.3, 0.4) is 0 Å². The lowest BCUT2D eigenvalue weighted by Gasteiger charge is -2.10. The lowest BCUT2D eigenvalue weighted by molar-refractivity contribution is 0.386. The Bertz CT molecular complexity index is 707. The van der Waals surface area contributed by atoms with Gasteiger partial charge in [0.05, 0.1) is 5.70 Å². The molecule has 1 aliphatic heterocycles. The summed E-state index contributed by atoms with van der Waals surface area (Å²) < 4.78 is 1.19. The van der Waals surface area contributed by atoms with Gasteiger partial charge in [-0.25, -0.2) is 4.79 Å². The molecule has 0 saturated heterocycles. The molecule has 1 aliphatic rings. The van der Waals surface area contributed by atoms with Crippen LogP contribution in [0, 0.1) is 5.92 Å². The third-order valence-electron chi connectivity index (χ3n) is 3.24. The first kappa shape index (κ1) is 15.0. The van der Waals surface area contributed by atoms with Crippen LogP contribution in [-0.2, 0) is 6.54 Å². The summed E-state index contributed by atoms with van der Waals surface area (Å²) in [5.41, 5.74) is -0.587. The largest absolute Gasteiger partial charge is 0.494 e. The highest BCUT2D eigenvalue weighted by Crippen LogP contribution is 2.17. The highest BCUT2D eigenvalue weighted by molar-refractivity contribution is 5.79. The van der Waals surface area contributed by atoms with Gasteiger partial charge in [0.1, 0.15) is 5.56 Å². The molecule has 0 atom stereocenters. The minimum Gasteiger partial charge on any atom is -0.494 e. The first-order valence-corrected chi connectivity index (χ1v) is 6.97. The van der Waals surface area contributed by atoms with E-state index in [1.54, 1.807) is 18.4 Å². The molecular weight excluding hydrogens is 270 g/mol.